The van der Waals surface area contributed by atoms with Crippen molar-refractivity contribution < 1.29 is 37.1 Å². The molecule has 0 atom stereocenters. The van der Waals surface area contributed by atoms with Crippen molar-refractivity contribution in [1.82, 2.24) is 10.6 Å². The van der Waals surface area contributed by atoms with Crippen LogP contribution in [-0.2, 0) is 32.3 Å². The third-order valence-corrected chi connectivity index (χ3v) is 6.52. The monoisotopic (exact) mass is 418 g/mol. The second-order valence-electron chi connectivity index (χ2n) is 5.96. The van der Waals surface area contributed by atoms with Crippen LogP contribution in [0.1, 0.15) is 13.3 Å². The Hall–Kier alpha value is -2.21. The van der Waals surface area contributed by atoms with Gasteiger partial charge >= 0.3 is 26.8 Å². The van der Waals surface area contributed by atoms with E-state index in [-0.39, 0.29) is 13.2 Å². The minimum absolute atomic E-state index is 0.219. The van der Waals surface area contributed by atoms with Crippen molar-refractivity contribution in [1.29, 1.82) is 0 Å². The minimum atomic E-state index is -2.70. The second kappa shape index (κ2) is 13.0. The zero-order chi connectivity index (χ0) is 21.6. The lowest BCUT2D eigenvalue weighted by atomic mass is 10.1. The molecule has 0 saturated carbocycles. The predicted octanol–water partition coefficient (Wildman–Crippen LogP) is 0.771. The van der Waals surface area contributed by atoms with Crippen LogP contribution in [0.15, 0.2) is 25.3 Å². The second-order valence-corrected chi connectivity index (χ2v) is 9.05. The van der Waals surface area contributed by atoms with Crippen molar-refractivity contribution in [2.24, 2.45) is 0 Å². The molecule has 0 bridgehead atoms. The van der Waals surface area contributed by atoms with Gasteiger partial charge in [-0.3, -0.25) is 0 Å². The molecule has 0 aliphatic heterocycles. The van der Waals surface area contributed by atoms with Crippen molar-refractivity contribution in [3.05, 3.63) is 25.3 Å². The van der Waals surface area contributed by atoms with Crippen LogP contribution in [0.25, 0.3) is 0 Å². The van der Waals surface area contributed by atoms with Gasteiger partial charge in [0.15, 0.2) is 0 Å². The Bertz CT molecular complexity index is 519. The molecular formula is C17H30N2O8Si. The summed E-state index contributed by atoms with van der Waals surface area (Å²) < 4.78 is 25.9. The van der Waals surface area contributed by atoms with Crippen LogP contribution in [0.5, 0.6) is 0 Å². The molecule has 0 aromatic heterocycles. The Morgan fingerprint density at radius 3 is 1.82 bits per heavy atom. The van der Waals surface area contributed by atoms with E-state index in [1.54, 1.807) is 6.92 Å². The average molecular weight is 419 g/mol. The molecule has 2 N–H and O–H groups in total. The van der Waals surface area contributed by atoms with Crippen molar-refractivity contribution in [2.75, 3.05) is 41.1 Å². The van der Waals surface area contributed by atoms with Gasteiger partial charge in [0.2, 0.25) is 0 Å². The topological polar surface area (TPSA) is 121 Å². The quantitative estimate of drug-likeness (QED) is 0.184. The average Bonchev–Trinajstić information content (AvgIpc) is 2.71. The van der Waals surface area contributed by atoms with Gasteiger partial charge in [-0.05, 0) is 13.3 Å². The zero-order valence-corrected chi connectivity index (χ0v) is 17.9. The summed E-state index contributed by atoms with van der Waals surface area (Å²) in [4.78, 5) is 34.8. The first-order valence-electron chi connectivity index (χ1n) is 8.49. The summed E-state index contributed by atoms with van der Waals surface area (Å²) in [5, 5.41) is 5.31. The lowest BCUT2D eigenvalue weighted by Crippen LogP contribution is -2.56. The smallest absolute Gasteiger partial charge is 0.460 e. The van der Waals surface area contributed by atoms with Gasteiger partial charge in [0.25, 0.3) is 0 Å². The number of nitrogens with one attached hydrogen (secondary N) is 2. The molecule has 0 fully saturated rings. The SMILES string of the molecule is C=CC(=O)OCC(C)(COC(=O)C=C)NC(=O)NCCC[Si](OC)(OC)OC. The van der Waals surface area contributed by atoms with E-state index in [0.717, 1.165) is 12.2 Å². The molecular weight excluding hydrogens is 388 g/mol. The minimum Gasteiger partial charge on any atom is -0.460 e. The van der Waals surface area contributed by atoms with Gasteiger partial charge in [-0.2, -0.15) is 0 Å². The van der Waals surface area contributed by atoms with Crippen LogP contribution >= 0.6 is 0 Å². The lowest BCUT2D eigenvalue weighted by molar-refractivity contribution is -0.144. The van der Waals surface area contributed by atoms with Crippen molar-refractivity contribution >= 4 is 26.8 Å². The number of amides is 2. The van der Waals surface area contributed by atoms with E-state index in [1.165, 1.54) is 21.3 Å². The number of ether oxygens (including phenoxy) is 2. The summed E-state index contributed by atoms with van der Waals surface area (Å²) >= 11 is 0. The van der Waals surface area contributed by atoms with E-state index < -0.39 is 32.3 Å². The first-order chi connectivity index (χ1) is 13.2. The number of urea groups is 1. The molecule has 0 spiro atoms. The summed E-state index contributed by atoms with van der Waals surface area (Å²) in [6.07, 6.45) is 2.55. The first-order valence-corrected chi connectivity index (χ1v) is 10.4. The zero-order valence-electron chi connectivity index (χ0n) is 16.9. The van der Waals surface area contributed by atoms with Crippen LogP contribution in [0.3, 0.4) is 0 Å². The number of esters is 2. The van der Waals surface area contributed by atoms with E-state index in [9.17, 15) is 14.4 Å². The van der Waals surface area contributed by atoms with Gasteiger partial charge in [0.05, 0.1) is 0 Å². The molecule has 0 aromatic rings. The van der Waals surface area contributed by atoms with Crippen LogP contribution in [0.4, 0.5) is 4.79 Å². The van der Waals surface area contributed by atoms with E-state index in [4.69, 9.17) is 22.8 Å². The predicted molar refractivity (Wildman–Crippen MR) is 103 cm³/mol. The summed E-state index contributed by atoms with van der Waals surface area (Å²) in [5.41, 5.74) is -1.15. The Kier molecular flexibility index (Phi) is 12.0. The summed E-state index contributed by atoms with van der Waals surface area (Å²) in [6.45, 7) is 8.05. The maximum Gasteiger partial charge on any atom is 0.500 e. The molecule has 0 aliphatic rings. The Labute approximate surface area is 166 Å². The molecule has 0 aliphatic carbocycles. The van der Waals surface area contributed by atoms with Crippen LogP contribution < -0.4 is 10.6 Å². The number of hydrogen-bond acceptors (Lipinski definition) is 8. The van der Waals surface area contributed by atoms with Crippen molar-refractivity contribution in [3.8, 4) is 0 Å². The highest BCUT2D eigenvalue weighted by atomic mass is 28.4. The summed E-state index contributed by atoms with van der Waals surface area (Å²) in [5.74, 6) is -1.33. The molecule has 11 heteroatoms. The molecule has 2 amide bonds. The molecule has 28 heavy (non-hydrogen) atoms. The van der Waals surface area contributed by atoms with Crippen LogP contribution in [0, 0.1) is 0 Å². The lowest BCUT2D eigenvalue weighted by Gasteiger charge is -2.29. The molecule has 0 unspecified atom stereocenters. The highest BCUT2D eigenvalue weighted by molar-refractivity contribution is 6.60. The van der Waals surface area contributed by atoms with Gasteiger partial charge < -0.3 is 33.4 Å². The van der Waals surface area contributed by atoms with Gasteiger partial charge in [0, 0.05) is 46.1 Å². The van der Waals surface area contributed by atoms with Crippen molar-refractivity contribution in [3.63, 3.8) is 0 Å². The van der Waals surface area contributed by atoms with Gasteiger partial charge in [0.1, 0.15) is 18.8 Å². The number of rotatable bonds is 14. The highest BCUT2D eigenvalue weighted by Gasteiger charge is 2.37. The fourth-order valence-corrected chi connectivity index (χ4v) is 3.80. The Balaban J connectivity index is 4.67. The molecule has 0 radical (unpaired) electrons. The Morgan fingerprint density at radius 2 is 1.43 bits per heavy atom. The van der Waals surface area contributed by atoms with Crippen LogP contribution in [-0.4, -0.2) is 73.4 Å². The number of hydrogen-bond donors (Lipinski definition) is 2. The molecule has 0 aromatic carbocycles. The van der Waals surface area contributed by atoms with E-state index >= 15 is 0 Å². The van der Waals surface area contributed by atoms with Crippen molar-refractivity contribution in [2.45, 2.75) is 24.9 Å². The van der Waals surface area contributed by atoms with Gasteiger partial charge in [-0.15, -0.1) is 0 Å². The molecule has 10 nitrogen and oxygen atoms in total. The first kappa shape index (κ1) is 25.8. The molecule has 0 heterocycles. The third kappa shape index (κ3) is 9.64. The largest absolute Gasteiger partial charge is 0.500 e. The summed E-state index contributed by atoms with van der Waals surface area (Å²) in [7, 11) is 1.84. The van der Waals surface area contributed by atoms with Gasteiger partial charge in [-0.25, -0.2) is 14.4 Å². The number of carbonyl (C=O) groups excluding carboxylic acids is 3. The fourth-order valence-electron chi connectivity index (χ4n) is 2.07. The molecule has 0 saturated heterocycles. The normalized spacial score (nSPS) is 11.3. The van der Waals surface area contributed by atoms with Crippen LogP contribution in [0.2, 0.25) is 6.04 Å². The molecule has 160 valence electrons. The maximum atomic E-state index is 12.2. The van der Waals surface area contributed by atoms with E-state index in [1.807, 2.05) is 0 Å². The van der Waals surface area contributed by atoms with E-state index in [2.05, 4.69) is 23.8 Å². The Morgan fingerprint density at radius 1 is 0.964 bits per heavy atom. The summed E-state index contributed by atoms with van der Waals surface area (Å²) in [6, 6.07) is -0.00611. The van der Waals surface area contributed by atoms with Gasteiger partial charge in [-0.1, -0.05) is 13.2 Å². The third-order valence-electron chi connectivity index (χ3n) is 3.69. The highest BCUT2D eigenvalue weighted by Crippen LogP contribution is 2.14. The number of carbonyl (C=O) groups is 3. The molecule has 0 rings (SSSR count). The standard InChI is InChI=1S/C17H30N2O8Si/c1-7-14(20)26-12-17(3,13-27-15(21)8-2)19-16(22)18-10-9-11-28(23-4,24-5)25-6/h7-8H,1-2,9-13H2,3-6H3,(H2,18,19,22). The maximum absolute atomic E-state index is 12.2. The fraction of sp³-hybridized carbons (Fsp3) is 0.588. The van der Waals surface area contributed by atoms with E-state index in [0.29, 0.717) is 19.0 Å².